The molecule has 2 rings (SSSR count). The third kappa shape index (κ3) is 4.26. The minimum atomic E-state index is -0.510. The molecule has 1 aliphatic heterocycles. The van der Waals surface area contributed by atoms with E-state index in [-0.39, 0.29) is 0 Å². The lowest BCUT2D eigenvalue weighted by Gasteiger charge is -2.33. The molecule has 0 bridgehead atoms. The molecule has 6 heteroatoms. The van der Waals surface area contributed by atoms with E-state index in [0.717, 1.165) is 35.4 Å². The first-order valence-corrected chi connectivity index (χ1v) is 8.24. The Morgan fingerprint density at radius 1 is 1.61 bits per heavy atom. The molecule has 1 fully saturated rings. The van der Waals surface area contributed by atoms with Crippen molar-refractivity contribution < 1.29 is 5.11 Å². The normalized spacial score (nSPS) is 20.8. The summed E-state index contributed by atoms with van der Waals surface area (Å²) in [7, 11) is 0. The molecule has 4 nitrogen and oxygen atoms in total. The molecule has 0 radical (unpaired) electrons. The van der Waals surface area contributed by atoms with Gasteiger partial charge in [-0.05, 0) is 47.2 Å². The molecule has 2 N–H and O–H groups in total. The molecule has 102 valence electrons. The van der Waals surface area contributed by atoms with E-state index < -0.39 is 5.60 Å². The highest BCUT2D eigenvalue weighted by Crippen LogP contribution is 2.26. The maximum atomic E-state index is 10.4. The summed E-state index contributed by atoms with van der Waals surface area (Å²) in [6.45, 7) is 3.62. The van der Waals surface area contributed by atoms with Gasteiger partial charge in [-0.2, -0.15) is 16.9 Å². The summed E-state index contributed by atoms with van der Waals surface area (Å²) < 4.78 is 2.90. The van der Waals surface area contributed by atoms with Gasteiger partial charge >= 0.3 is 0 Å². The summed E-state index contributed by atoms with van der Waals surface area (Å²) in [6, 6.07) is 0.301. The van der Waals surface area contributed by atoms with Gasteiger partial charge < -0.3 is 10.4 Å². The van der Waals surface area contributed by atoms with Crippen LogP contribution in [0.25, 0.3) is 0 Å². The lowest BCUT2D eigenvalue weighted by atomic mass is 9.96. The molecule has 1 aromatic rings. The van der Waals surface area contributed by atoms with Gasteiger partial charge in [0.15, 0.2) is 0 Å². The second kappa shape index (κ2) is 6.41. The zero-order valence-corrected chi connectivity index (χ0v) is 13.0. The summed E-state index contributed by atoms with van der Waals surface area (Å²) >= 11 is 5.32. The smallest absolute Gasteiger partial charge is 0.0787 e. The van der Waals surface area contributed by atoms with Crippen molar-refractivity contribution in [1.82, 2.24) is 15.1 Å². The first-order valence-electron chi connectivity index (χ1n) is 6.29. The Balaban J connectivity index is 1.75. The van der Waals surface area contributed by atoms with Crippen LogP contribution in [0.5, 0.6) is 0 Å². The quantitative estimate of drug-likeness (QED) is 0.863. The van der Waals surface area contributed by atoms with Crippen LogP contribution in [0, 0.1) is 0 Å². The average molecular weight is 334 g/mol. The molecule has 0 aliphatic carbocycles. The predicted molar refractivity (Wildman–Crippen MR) is 78.9 cm³/mol. The number of hydrogen-bond acceptors (Lipinski definition) is 4. The van der Waals surface area contributed by atoms with Crippen molar-refractivity contribution in [2.45, 2.75) is 38.0 Å². The number of aliphatic hydroxyl groups is 1. The number of rotatable bonds is 5. The molecule has 1 unspecified atom stereocenters. The topological polar surface area (TPSA) is 50.1 Å². The van der Waals surface area contributed by atoms with Crippen molar-refractivity contribution in [3.63, 3.8) is 0 Å². The molecule has 0 saturated carbocycles. The van der Waals surface area contributed by atoms with E-state index >= 15 is 0 Å². The van der Waals surface area contributed by atoms with Gasteiger partial charge in [0, 0.05) is 18.8 Å². The number of nitrogens with one attached hydrogen (secondary N) is 1. The van der Waals surface area contributed by atoms with E-state index in [2.05, 4.69) is 33.3 Å². The summed E-state index contributed by atoms with van der Waals surface area (Å²) in [5, 5.41) is 18.0. The third-order valence-corrected chi connectivity index (χ3v) is 4.66. The van der Waals surface area contributed by atoms with Crippen LogP contribution in [0.15, 0.2) is 16.9 Å². The van der Waals surface area contributed by atoms with E-state index in [1.807, 2.05) is 22.6 Å². The number of hydrogen-bond donors (Lipinski definition) is 2. The molecule has 1 saturated heterocycles. The fraction of sp³-hybridized carbons (Fsp3) is 0.750. The van der Waals surface area contributed by atoms with Crippen LogP contribution in [0.1, 0.15) is 19.8 Å². The average Bonchev–Trinajstić information content (AvgIpc) is 2.73. The second-order valence-electron chi connectivity index (χ2n) is 5.00. The van der Waals surface area contributed by atoms with E-state index in [1.165, 1.54) is 0 Å². The highest BCUT2D eigenvalue weighted by molar-refractivity contribution is 9.10. The molecule has 2 heterocycles. The van der Waals surface area contributed by atoms with Crippen molar-refractivity contribution in [2.75, 3.05) is 18.1 Å². The molecule has 1 aromatic heterocycles. The van der Waals surface area contributed by atoms with Gasteiger partial charge in [0.2, 0.25) is 0 Å². The minimum absolute atomic E-state index is 0.301. The van der Waals surface area contributed by atoms with Crippen molar-refractivity contribution in [3.8, 4) is 0 Å². The highest BCUT2D eigenvalue weighted by atomic mass is 79.9. The van der Waals surface area contributed by atoms with Crippen LogP contribution in [0.2, 0.25) is 0 Å². The van der Waals surface area contributed by atoms with E-state index in [0.29, 0.717) is 12.6 Å². The molecular weight excluding hydrogens is 314 g/mol. The van der Waals surface area contributed by atoms with Crippen molar-refractivity contribution >= 4 is 27.7 Å². The zero-order chi connectivity index (χ0) is 13.0. The Morgan fingerprint density at radius 2 is 2.33 bits per heavy atom. The van der Waals surface area contributed by atoms with Gasteiger partial charge in [-0.25, -0.2) is 0 Å². The van der Waals surface area contributed by atoms with Gasteiger partial charge in [-0.15, -0.1) is 0 Å². The maximum Gasteiger partial charge on any atom is 0.0787 e. The summed E-state index contributed by atoms with van der Waals surface area (Å²) in [6.07, 6.45) is 5.54. The second-order valence-corrected chi connectivity index (χ2v) is 7.14. The number of thioether (sulfide) groups is 1. The number of halogens is 1. The number of aromatic nitrogens is 2. The Hall–Kier alpha value is -0.0400. The van der Waals surface area contributed by atoms with Crippen molar-refractivity contribution in [1.29, 1.82) is 0 Å². The van der Waals surface area contributed by atoms with Gasteiger partial charge in [0.05, 0.1) is 22.8 Å². The molecule has 0 spiro atoms. The Bertz CT molecular complexity index is 379. The van der Waals surface area contributed by atoms with E-state index in [1.54, 1.807) is 6.20 Å². The largest absolute Gasteiger partial charge is 0.389 e. The Labute approximate surface area is 121 Å². The fourth-order valence-corrected chi connectivity index (χ4v) is 3.66. The highest BCUT2D eigenvalue weighted by Gasteiger charge is 2.29. The van der Waals surface area contributed by atoms with Crippen LogP contribution in [0.3, 0.4) is 0 Å². The standard InChI is InChI=1S/C12H20BrN3OS/c1-10(7-16-8-11(13)6-15-16)14-9-12(17)2-4-18-5-3-12/h6,8,10,14,17H,2-5,7,9H2,1H3. The predicted octanol–water partition coefficient (Wildman–Crippen LogP) is 1.88. The van der Waals surface area contributed by atoms with E-state index in [4.69, 9.17) is 0 Å². The SMILES string of the molecule is CC(Cn1cc(Br)cn1)NCC1(O)CCSCC1. The van der Waals surface area contributed by atoms with Crippen LogP contribution < -0.4 is 5.32 Å². The van der Waals surface area contributed by atoms with Crippen LogP contribution in [-0.2, 0) is 6.54 Å². The summed E-state index contributed by atoms with van der Waals surface area (Å²) in [5.74, 6) is 2.14. The Kier molecular flexibility index (Phi) is 5.12. The lowest BCUT2D eigenvalue weighted by Crippen LogP contribution is -2.46. The third-order valence-electron chi connectivity index (χ3n) is 3.27. The van der Waals surface area contributed by atoms with Gasteiger partial charge in [-0.3, -0.25) is 4.68 Å². The van der Waals surface area contributed by atoms with Crippen molar-refractivity contribution in [3.05, 3.63) is 16.9 Å². The fourth-order valence-electron chi connectivity index (χ4n) is 2.08. The number of nitrogens with zero attached hydrogens (tertiary/aromatic N) is 2. The van der Waals surface area contributed by atoms with Crippen LogP contribution >= 0.6 is 27.7 Å². The summed E-state index contributed by atoms with van der Waals surface area (Å²) in [4.78, 5) is 0. The molecule has 18 heavy (non-hydrogen) atoms. The Morgan fingerprint density at radius 3 is 2.94 bits per heavy atom. The van der Waals surface area contributed by atoms with Gasteiger partial charge in [0.1, 0.15) is 0 Å². The lowest BCUT2D eigenvalue weighted by molar-refractivity contribution is 0.0295. The first-order chi connectivity index (χ1) is 8.57. The van der Waals surface area contributed by atoms with Gasteiger partial charge in [0.25, 0.3) is 0 Å². The molecular formula is C12H20BrN3OS. The molecule has 0 amide bonds. The minimum Gasteiger partial charge on any atom is -0.389 e. The monoisotopic (exact) mass is 333 g/mol. The molecule has 0 aromatic carbocycles. The van der Waals surface area contributed by atoms with E-state index in [9.17, 15) is 5.11 Å². The van der Waals surface area contributed by atoms with Crippen LogP contribution in [-0.4, -0.2) is 44.6 Å². The van der Waals surface area contributed by atoms with Gasteiger partial charge in [-0.1, -0.05) is 0 Å². The maximum absolute atomic E-state index is 10.4. The zero-order valence-electron chi connectivity index (χ0n) is 10.6. The molecule has 1 atom stereocenters. The summed E-state index contributed by atoms with van der Waals surface area (Å²) in [5.41, 5.74) is -0.510. The van der Waals surface area contributed by atoms with Crippen LogP contribution in [0.4, 0.5) is 0 Å². The first kappa shape index (κ1) is 14.4. The van der Waals surface area contributed by atoms with Crippen molar-refractivity contribution in [2.24, 2.45) is 0 Å². The molecule has 1 aliphatic rings.